The Kier molecular flexibility index (Phi) is 8.61. The Morgan fingerprint density at radius 1 is 0.941 bits per heavy atom. The van der Waals surface area contributed by atoms with Gasteiger partial charge in [-0.15, -0.1) is 0 Å². The highest BCUT2D eigenvalue weighted by atomic mass is 16.5. The second-order valence-electron chi connectivity index (χ2n) is 4.39. The van der Waals surface area contributed by atoms with E-state index in [9.17, 15) is 0 Å². The molecule has 1 aromatic rings. The van der Waals surface area contributed by atoms with Crippen LogP contribution in [0.2, 0.25) is 0 Å². The SMILES string of the molecule is COCCNCCCCCCc1ccccc1. The summed E-state index contributed by atoms with van der Waals surface area (Å²) >= 11 is 0. The molecule has 0 bridgehead atoms. The van der Waals surface area contributed by atoms with Gasteiger partial charge in [-0.05, 0) is 31.4 Å². The van der Waals surface area contributed by atoms with E-state index < -0.39 is 0 Å². The monoisotopic (exact) mass is 235 g/mol. The van der Waals surface area contributed by atoms with Gasteiger partial charge in [0, 0.05) is 13.7 Å². The number of aryl methyl sites for hydroxylation is 1. The highest BCUT2D eigenvalue weighted by molar-refractivity contribution is 5.14. The molecule has 0 heterocycles. The van der Waals surface area contributed by atoms with E-state index >= 15 is 0 Å². The summed E-state index contributed by atoms with van der Waals surface area (Å²) in [5.41, 5.74) is 1.46. The van der Waals surface area contributed by atoms with Gasteiger partial charge in [-0.2, -0.15) is 0 Å². The van der Waals surface area contributed by atoms with Crippen molar-refractivity contribution in [3.8, 4) is 0 Å². The van der Waals surface area contributed by atoms with Gasteiger partial charge in [0.05, 0.1) is 6.61 Å². The molecule has 0 atom stereocenters. The third-order valence-electron chi connectivity index (χ3n) is 2.89. The molecule has 0 unspecified atom stereocenters. The topological polar surface area (TPSA) is 21.3 Å². The van der Waals surface area contributed by atoms with Crippen molar-refractivity contribution < 1.29 is 4.74 Å². The van der Waals surface area contributed by atoms with Gasteiger partial charge >= 0.3 is 0 Å². The Bertz CT molecular complexity index is 261. The third-order valence-corrected chi connectivity index (χ3v) is 2.89. The van der Waals surface area contributed by atoms with E-state index in [1.54, 1.807) is 7.11 Å². The number of methoxy groups -OCH3 is 1. The molecule has 0 saturated heterocycles. The van der Waals surface area contributed by atoms with E-state index in [0.717, 1.165) is 19.7 Å². The Morgan fingerprint density at radius 2 is 1.71 bits per heavy atom. The van der Waals surface area contributed by atoms with Crippen LogP contribution < -0.4 is 5.32 Å². The lowest BCUT2D eigenvalue weighted by atomic mass is 10.1. The second-order valence-corrected chi connectivity index (χ2v) is 4.39. The van der Waals surface area contributed by atoms with Crippen molar-refractivity contribution in [3.05, 3.63) is 35.9 Å². The normalized spacial score (nSPS) is 10.6. The molecule has 0 fully saturated rings. The average Bonchev–Trinajstić information content (AvgIpc) is 2.38. The van der Waals surface area contributed by atoms with E-state index in [-0.39, 0.29) is 0 Å². The van der Waals surface area contributed by atoms with E-state index in [4.69, 9.17) is 4.74 Å². The van der Waals surface area contributed by atoms with Crippen LogP contribution in [0.3, 0.4) is 0 Å². The first-order valence-electron chi connectivity index (χ1n) is 6.67. The van der Waals surface area contributed by atoms with Crippen LogP contribution in [0.25, 0.3) is 0 Å². The van der Waals surface area contributed by atoms with Crippen LogP contribution in [0.15, 0.2) is 30.3 Å². The summed E-state index contributed by atoms with van der Waals surface area (Å²) in [5, 5.41) is 3.37. The molecule has 0 aliphatic heterocycles. The minimum atomic E-state index is 0.813. The molecule has 0 spiro atoms. The Labute approximate surface area is 105 Å². The fourth-order valence-corrected chi connectivity index (χ4v) is 1.88. The summed E-state index contributed by atoms with van der Waals surface area (Å²) in [6.07, 6.45) is 6.46. The van der Waals surface area contributed by atoms with Crippen LogP contribution >= 0.6 is 0 Å². The summed E-state index contributed by atoms with van der Waals surface area (Å²) in [6.45, 7) is 2.91. The number of ether oxygens (including phenoxy) is 1. The Hall–Kier alpha value is -0.860. The standard InChI is InChI=1S/C15H25NO/c1-17-14-13-16-12-8-3-2-5-9-15-10-6-4-7-11-15/h4,6-7,10-11,16H,2-3,5,8-9,12-14H2,1H3. The minimum Gasteiger partial charge on any atom is -0.383 e. The van der Waals surface area contributed by atoms with E-state index in [2.05, 4.69) is 35.6 Å². The van der Waals surface area contributed by atoms with Crippen molar-refractivity contribution in [1.29, 1.82) is 0 Å². The van der Waals surface area contributed by atoms with Crippen LogP contribution in [0, 0.1) is 0 Å². The second kappa shape index (κ2) is 10.3. The molecule has 0 saturated carbocycles. The molecule has 0 aliphatic carbocycles. The lowest BCUT2D eigenvalue weighted by molar-refractivity contribution is 0.199. The van der Waals surface area contributed by atoms with Gasteiger partial charge in [-0.3, -0.25) is 0 Å². The number of unbranched alkanes of at least 4 members (excludes halogenated alkanes) is 3. The van der Waals surface area contributed by atoms with Gasteiger partial charge in [-0.25, -0.2) is 0 Å². The molecular weight excluding hydrogens is 210 g/mol. The number of rotatable bonds is 10. The highest BCUT2D eigenvalue weighted by Gasteiger charge is 1.93. The number of hydrogen-bond acceptors (Lipinski definition) is 2. The van der Waals surface area contributed by atoms with Gasteiger partial charge in [0.15, 0.2) is 0 Å². The number of hydrogen-bond donors (Lipinski definition) is 1. The van der Waals surface area contributed by atoms with Gasteiger partial charge in [0.1, 0.15) is 0 Å². The zero-order valence-corrected chi connectivity index (χ0v) is 11.0. The molecule has 1 aromatic carbocycles. The molecule has 2 nitrogen and oxygen atoms in total. The average molecular weight is 235 g/mol. The molecule has 0 radical (unpaired) electrons. The fraction of sp³-hybridized carbons (Fsp3) is 0.600. The van der Waals surface area contributed by atoms with Crippen LogP contribution in [0.4, 0.5) is 0 Å². The maximum Gasteiger partial charge on any atom is 0.0587 e. The largest absolute Gasteiger partial charge is 0.383 e. The van der Waals surface area contributed by atoms with Crippen molar-refractivity contribution in [1.82, 2.24) is 5.32 Å². The summed E-state index contributed by atoms with van der Waals surface area (Å²) in [5.74, 6) is 0. The lowest BCUT2D eigenvalue weighted by Crippen LogP contribution is -2.20. The molecule has 0 aromatic heterocycles. The molecule has 1 rings (SSSR count). The zero-order chi connectivity index (χ0) is 12.2. The zero-order valence-electron chi connectivity index (χ0n) is 11.0. The summed E-state index contributed by atoms with van der Waals surface area (Å²) in [6, 6.07) is 10.7. The van der Waals surface area contributed by atoms with E-state index in [1.165, 1.54) is 37.7 Å². The maximum absolute atomic E-state index is 4.97. The van der Waals surface area contributed by atoms with Crippen molar-refractivity contribution in [3.63, 3.8) is 0 Å². The highest BCUT2D eigenvalue weighted by Crippen LogP contribution is 2.07. The maximum atomic E-state index is 4.97. The smallest absolute Gasteiger partial charge is 0.0587 e. The van der Waals surface area contributed by atoms with E-state index in [1.807, 2.05) is 0 Å². The molecule has 2 heteroatoms. The first-order valence-corrected chi connectivity index (χ1v) is 6.67. The predicted molar refractivity (Wildman–Crippen MR) is 73.4 cm³/mol. The third kappa shape index (κ3) is 7.94. The summed E-state index contributed by atoms with van der Waals surface area (Å²) in [7, 11) is 1.74. The van der Waals surface area contributed by atoms with Crippen LogP contribution in [0.5, 0.6) is 0 Å². The molecular formula is C15H25NO. The van der Waals surface area contributed by atoms with Gasteiger partial charge in [0.25, 0.3) is 0 Å². The van der Waals surface area contributed by atoms with Gasteiger partial charge in [-0.1, -0.05) is 43.2 Å². The number of benzene rings is 1. The first-order chi connectivity index (χ1) is 8.43. The summed E-state index contributed by atoms with van der Waals surface area (Å²) < 4.78 is 4.97. The Morgan fingerprint density at radius 3 is 2.47 bits per heavy atom. The molecule has 17 heavy (non-hydrogen) atoms. The molecule has 1 N–H and O–H groups in total. The fourth-order valence-electron chi connectivity index (χ4n) is 1.88. The van der Waals surface area contributed by atoms with Crippen molar-refractivity contribution >= 4 is 0 Å². The van der Waals surface area contributed by atoms with Gasteiger partial charge < -0.3 is 10.1 Å². The number of nitrogens with one attached hydrogen (secondary N) is 1. The molecule has 0 aliphatic rings. The summed E-state index contributed by atoms with van der Waals surface area (Å²) in [4.78, 5) is 0. The van der Waals surface area contributed by atoms with Crippen molar-refractivity contribution in [2.45, 2.75) is 32.1 Å². The minimum absolute atomic E-state index is 0.813. The lowest BCUT2D eigenvalue weighted by Gasteiger charge is -2.04. The van der Waals surface area contributed by atoms with Gasteiger partial charge in [0.2, 0.25) is 0 Å². The molecule has 96 valence electrons. The van der Waals surface area contributed by atoms with Crippen molar-refractivity contribution in [2.24, 2.45) is 0 Å². The van der Waals surface area contributed by atoms with Crippen LogP contribution in [0.1, 0.15) is 31.2 Å². The molecule has 0 amide bonds. The quantitative estimate of drug-likeness (QED) is 0.629. The first kappa shape index (κ1) is 14.2. The van der Waals surface area contributed by atoms with E-state index in [0.29, 0.717) is 0 Å². The predicted octanol–water partition coefficient (Wildman–Crippen LogP) is 3.03. The van der Waals surface area contributed by atoms with Crippen LogP contribution in [-0.4, -0.2) is 26.8 Å². The Balaban J connectivity index is 1.85. The van der Waals surface area contributed by atoms with Crippen LogP contribution in [-0.2, 0) is 11.2 Å². The van der Waals surface area contributed by atoms with Crippen molar-refractivity contribution in [2.75, 3.05) is 26.8 Å².